The summed E-state index contributed by atoms with van der Waals surface area (Å²) >= 11 is 3.15. The summed E-state index contributed by atoms with van der Waals surface area (Å²) in [6, 6.07) is 7.83. The maximum absolute atomic E-state index is 12.6. The molecule has 30 heavy (non-hydrogen) atoms. The van der Waals surface area contributed by atoms with Crippen molar-refractivity contribution >= 4 is 34.2 Å². The van der Waals surface area contributed by atoms with Gasteiger partial charge >= 0.3 is 6.09 Å². The predicted molar refractivity (Wildman–Crippen MR) is 116 cm³/mol. The fraction of sp³-hybridized carbons (Fsp3) is 0.500. The summed E-state index contributed by atoms with van der Waals surface area (Å²) in [5.74, 6) is 2.32. The van der Waals surface area contributed by atoms with E-state index in [-0.39, 0.29) is 12.1 Å². The van der Waals surface area contributed by atoms with Gasteiger partial charge in [0, 0.05) is 12.3 Å². The molecule has 1 saturated heterocycles. The lowest BCUT2D eigenvalue weighted by Crippen LogP contribution is -2.37. The summed E-state index contributed by atoms with van der Waals surface area (Å²) in [5, 5.41) is 13.3. The van der Waals surface area contributed by atoms with E-state index in [9.17, 15) is 4.79 Å². The monoisotopic (exact) mass is 447 g/mol. The lowest BCUT2D eigenvalue weighted by Gasteiger charge is -2.27. The van der Waals surface area contributed by atoms with Crippen LogP contribution in [0.25, 0.3) is 4.96 Å². The minimum atomic E-state index is -0.533. The number of methoxy groups -OCH3 is 1. The number of nitrogens with zero attached hydrogens (tertiary/aromatic N) is 5. The van der Waals surface area contributed by atoms with Gasteiger partial charge in [0.25, 0.3) is 0 Å². The van der Waals surface area contributed by atoms with Crippen molar-refractivity contribution in [2.75, 3.05) is 13.7 Å². The van der Waals surface area contributed by atoms with Gasteiger partial charge in [0.1, 0.15) is 11.4 Å². The number of amides is 1. The normalized spacial score (nSPS) is 16.9. The average Bonchev–Trinajstić information content (AvgIpc) is 3.40. The molecule has 3 heterocycles. The van der Waals surface area contributed by atoms with Crippen LogP contribution in [0.15, 0.2) is 28.6 Å². The number of carbonyl (C=O) groups excluding carboxylic acids is 1. The molecule has 0 aliphatic carbocycles. The minimum absolute atomic E-state index is 0.173. The quantitative estimate of drug-likeness (QED) is 0.530. The Morgan fingerprint density at radius 3 is 2.93 bits per heavy atom. The second-order valence-corrected chi connectivity index (χ2v) is 10.3. The molecule has 160 valence electrons. The number of likely N-dealkylation sites (tertiary alicyclic amines) is 1. The fourth-order valence-electron chi connectivity index (χ4n) is 3.36. The summed E-state index contributed by atoms with van der Waals surface area (Å²) < 4.78 is 13.5. The van der Waals surface area contributed by atoms with Crippen molar-refractivity contribution in [1.82, 2.24) is 24.7 Å². The molecule has 0 spiro atoms. The third-order valence-corrected chi connectivity index (χ3v) is 6.78. The van der Waals surface area contributed by atoms with Crippen LogP contribution < -0.4 is 4.74 Å². The second-order valence-electron chi connectivity index (χ2n) is 8.09. The summed E-state index contributed by atoms with van der Waals surface area (Å²) in [5.41, 5.74) is 0.631. The lowest BCUT2D eigenvalue weighted by molar-refractivity contribution is 0.0217. The number of carbonyl (C=O) groups is 1. The molecule has 1 aromatic carbocycles. The molecule has 1 aliphatic heterocycles. The molecule has 1 fully saturated rings. The first-order valence-corrected chi connectivity index (χ1v) is 11.6. The molecule has 1 unspecified atom stereocenters. The topological polar surface area (TPSA) is 81.9 Å². The number of rotatable bonds is 5. The third kappa shape index (κ3) is 4.54. The van der Waals surface area contributed by atoms with Crippen LogP contribution in [0, 0.1) is 0 Å². The van der Waals surface area contributed by atoms with E-state index >= 15 is 0 Å². The molecule has 1 aliphatic rings. The molecule has 2 aromatic heterocycles. The zero-order valence-electron chi connectivity index (χ0n) is 17.5. The number of hydrogen-bond donors (Lipinski definition) is 0. The van der Waals surface area contributed by atoms with Gasteiger partial charge in [-0.2, -0.15) is 4.52 Å². The van der Waals surface area contributed by atoms with Gasteiger partial charge in [0.05, 0.1) is 13.2 Å². The highest BCUT2D eigenvalue weighted by molar-refractivity contribution is 8.00. The Labute approximate surface area is 183 Å². The van der Waals surface area contributed by atoms with Crippen LogP contribution in [-0.2, 0) is 10.5 Å². The van der Waals surface area contributed by atoms with E-state index in [1.165, 1.54) is 11.3 Å². The van der Waals surface area contributed by atoms with E-state index in [0.29, 0.717) is 12.4 Å². The van der Waals surface area contributed by atoms with E-state index in [1.807, 2.05) is 39.0 Å². The molecular weight excluding hydrogens is 422 g/mol. The summed E-state index contributed by atoms with van der Waals surface area (Å²) in [6.45, 7) is 6.27. The van der Waals surface area contributed by atoms with Crippen molar-refractivity contribution in [3.8, 4) is 5.75 Å². The first kappa shape index (κ1) is 20.9. The zero-order valence-corrected chi connectivity index (χ0v) is 19.1. The van der Waals surface area contributed by atoms with Gasteiger partial charge in [0.2, 0.25) is 4.96 Å². The fourth-order valence-corrected chi connectivity index (χ4v) is 5.19. The van der Waals surface area contributed by atoms with Crippen molar-refractivity contribution < 1.29 is 14.3 Å². The van der Waals surface area contributed by atoms with E-state index in [2.05, 4.69) is 16.3 Å². The molecule has 3 aromatic rings. The third-order valence-electron chi connectivity index (χ3n) is 4.67. The highest BCUT2D eigenvalue weighted by atomic mass is 32.2. The van der Waals surface area contributed by atoms with Crippen LogP contribution in [-0.4, -0.2) is 50.1 Å². The molecule has 1 atom stereocenters. The number of thioether (sulfide) groups is 1. The first-order valence-electron chi connectivity index (χ1n) is 9.81. The Hall–Kier alpha value is -2.33. The van der Waals surface area contributed by atoms with Gasteiger partial charge in [-0.05, 0) is 51.3 Å². The van der Waals surface area contributed by atoms with Crippen molar-refractivity contribution in [3.05, 3.63) is 35.7 Å². The standard InChI is InChI=1S/C20H25N5O3S2/c1-20(2,3)28-19(26)24-10-6-9-15(24)16-21-22-17-25(16)23-18(30-17)29-12-13-7-5-8-14(11-13)27-4/h5,7-8,11,15H,6,9-10,12H2,1-4H3. The molecule has 0 bridgehead atoms. The van der Waals surface area contributed by atoms with Crippen molar-refractivity contribution in [1.29, 1.82) is 0 Å². The maximum Gasteiger partial charge on any atom is 0.410 e. The average molecular weight is 448 g/mol. The molecule has 1 amide bonds. The minimum Gasteiger partial charge on any atom is -0.497 e. The highest BCUT2D eigenvalue weighted by Crippen LogP contribution is 2.34. The summed E-state index contributed by atoms with van der Waals surface area (Å²) in [6.07, 6.45) is 1.41. The van der Waals surface area contributed by atoms with Crippen molar-refractivity contribution in [2.24, 2.45) is 0 Å². The van der Waals surface area contributed by atoms with E-state index in [0.717, 1.165) is 39.2 Å². The Morgan fingerprint density at radius 2 is 2.17 bits per heavy atom. The molecule has 0 saturated carbocycles. The van der Waals surface area contributed by atoms with Crippen LogP contribution >= 0.6 is 23.1 Å². The van der Waals surface area contributed by atoms with Crippen molar-refractivity contribution in [3.63, 3.8) is 0 Å². The molecule has 0 N–H and O–H groups in total. The van der Waals surface area contributed by atoms with Crippen LogP contribution in [0.3, 0.4) is 0 Å². The summed E-state index contributed by atoms with van der Waals surface area (Å²) in [7, 11) is 1.67. The molecular formula is C20H25N5O3S2. The van der Waals surface area contributed by atoms with Crippen LogP contribution in [0.5, 0.6) is 5.75 Å². The predicted octanol–water partition coefficient (Wildman–Crippen LogP) is 4.56. The van der Waals surface area contributed by atoms with Crippen LogP contribution in [0.1, 0.15) is 51.0 Å². The second kappa shape index (κ2) is 8.43. The lowest BCUT2D eigenvalue weighted by atomic mass is 10.2. The molecule has 0 radical (unpaired) electrons. The van der Waals surface area contributed by atoms with Crippen LogP contribution in [0.2, 0.25) is 0 Å². The Bertz CT molecular complexity index is 1040. The molecule has 10 heteroatoms. The smallest absolute Gasteiger partial charge is 0.410 e. The molecule has 4 rings (SSSR count). The number of benzene rings is 1. The van der Waals surface area contributed by atoms with Crippen molar-refractivity contribution in [2.45, 2.75) is 55.3 Å². The van der Waals surface area contributed by atoms with Gasteiger partial charge in [-0.1, -0.05) is 35.2 Å². The van der Waals surface area contributed by atoms with Crippen LogP contribution in [0.4, 0.5) is 4.79 Å². The van der Waals surface area contributed by atoms with E-state index in [1.54, 1.807) is 28.3 Å². The number of fused-ring (bicyclic) bond motifs is 1. The summed E-state index contributed by atoms with van der Waals surface area (Å²) in [4.78, 5) is 15.1. The SMILES string of the molecule is COc1cccc(CSc2nn3c(C4CCCN4C(=O)OC(C)(C)C)nnc3s2)c1. The Kier molecular flexibility index (Phi) is 5.88. The van der Waals surface area contributed by atoms with Gasteiger partial charge < -0.3 is 9.47 Å². The Morgan fingerprint density at radius 1 is 1.33 bits per heavy atom. The maximum atomic E-state index is 12.6. The number of ether oxygens (including phenoxy) is 2. The van der Waals surface area contributed by atoms with Gasteiger partial charge in [0.15, 0.2) is 10.2 Å². The number of aromatic nitrogens is 4. The molecule has 8 nitrogen and oxygen atoms in total. The van der Waals surface area contributed by atoms with E-state index < -0.39 is 5.60 Å². The largest absolute Gasteiger partial charge is 0.497 e. The number of hydrogen-bond acceptors (Lipinski definition) is 8. The van der Waals surface area contributed by atoms with Gasteiger partial charge in [-0.25, -0.2) is 4.79 Å². The highest BCUT2D eigenvalue weighted by Gasteiger charge is 2.36. The van der Waals surface area contributed by atoms with Gasteiger partial charge in [-0.3, -0.25) is 4.90 Å². The zero-order chi connectivity index (χ0) is 21.3. The van der Waals surface area contributed by atoms with Gasteiger partial charge in [-0.15, -0.1) is 15.3 Å². The van der Waals surface area contributed by atoms with E-state index in [4.69, 9.17) is 14.6 Å². The first-order chi connectivity index (χ1) is 14.3. The Balaban J connectivity index is 1.50.